The molecule has 0 spiro atoms. The van der Waals surface area contributed by atoms with Gasteiger partial charge in [0.15, 0.2) is 0 Å². The maximum Gasteiger partial charge on any atom is 0.227 e. The summed E-state index contributed by atoms with van der Waals surface area (Å²) in [4.78, 5) is 11.5. The van der Waals surface area contributed by atoms with E-state index in [2.05, 4.69) is 5.32 Å². The average molecular weight is 192 g/mol. The van der Waals surface area contributed by atoms with E-state index in [9.17, 15) is 4.79 Å². The lowest BCUT2D eigenvalue weighted by Gasteiger charge is -2.13. The summed E-state index contributed by atoms with van der Waals surface area (Å²) in [5, 5.41) is 2.66. The molecule has 3 nitrogen and oxygen atoms in total. The fourth-order valence-electron chi connectivity index (χ4n) is 1.48. The Morgan fingerprint density at radius 1 is 1.43 bits per heavy atom. The summed E-state index contributed by atoms with van der Waals surface area (Å²) in [5.41, 5.74) is 7.31. The number of nitrogens with one attached hydrogen (secondary N) is 1. The van der Waals surface area contributed by atoms with Crippen molar-refractivity contribution in [3.05, 3.63) is 29.8 Å². The molecule has 0 aliphatic rings. The third-order valence-corrected chi connectivity index (χ3v) is 2.31. The molecule has 0 saturated heterocycles. The summed E-state index contributed by atoms with van der Waals surface area (Å²) in [6.45, 7) is 2.00. The minimum absolute atomic E-state index is 0.0530. The van der Waals surface area contributed by atoms with E-state index in [-0.39, 0.29) is 11.8 Å². The number of hydrogen-bond donors (Lipinski definition) is 2. The summed E-state index contributed by atoms with van der Waals surface area (Å²) in [6.07, 6.45) is 0.795. The summed E-state index contributed by atoms with van der Waals surface area (Å²) < 4.78 is 0. The lowest BCUT2D eigenvalue weighted by molar-refractivity contribution is -0.122. The highest BCUT2D eigenvalue weighted by Gasteiger charge is 2.16. The molecule has 1 aromatic rings. The van der Waals surface area contributed by atoms with Crippen molar-refractivity contribution in [1.82, 2.24) is 5.32 Å². The third-order valence-electron chi connectivity index (χ3n) is 2.31. The normalized spacial score (nSPS) is 12.1. The molecule has 1 rings (SSSR count). The largest absolute Gasteiger partial charge is 0.399 e. The standard InChI is InChI=1S/C11H16N2O/c1-3-10(11(14)13-2)8-4-6-9(12)7-5-8/h4-7,10H,3,12H2,1-2H3,(H,13,14). The first-order valence-electron chi connectivity index (χ1n) is 4.76. The molecule has 0 aliphatic carbocycles. The molecule has 1 amide bonds. The van der Waals surface area contributed by atoms with Crippen LogP contribution in [0.3, 0.4) is 0 Å². The number of benzene rings is 1. The highest BCUT2D eigenvalue weighted by Crippen LogP contribution is 2.20. The van der Waals surface area contributed by atoms with Crippen LogP contribution in [0.2, 0.25) is 0 Å². The molecule has 1 atom stereocenters. The number of nitrogen functional groups attached to an aromatic ring is 1. The van der Waals surface area contributed by atoms with Gasteiger partial charge in [0.1, 0.15) is 0 Å². The zero-order chi connectivity index (χ0) is 10.6. The molecule has 76 valence electrons. The Bertz CT molecular complexity index is 306. The molecule has 0 radical (unpaired) electrons. The molecule has 0 fully saturated rings. The van der Waals surface area contributed by atoms with Crippen molar-refractivity contribution in [2.75, 3.05) is 12.8 Å². The van der Waals surface area contributed by atoms with Gasteiger partial charge in [-0.15, -0.1) is 0 Å². The molecule has 0 aromatic heterocycles. The van der Waals surface area contributed by atoms with Crippen LogP contribution in [0, 0.1) is 0 Å². The Morgan fingerprint density at radius 3 is 2.43 bits per heavy atom. The number of amides is 1. The van der Waals surface area contributed by atoms with Crippen LogP contribution in [0.1, 0.15) is 24.8 Å². The molecule has 0 bridgehead atoms. The lowest BCUT2D eigenvalue weighted by atomic mass is 9.95. The van der Waals surface area contributed by atoms with Gasteiger partial charge in [-0.3, -0.25) is 4.79 Å². The fourth-order valence-corrected chi connectivity index (χ4v) is 1.48. The van der Waals surface area contributed by atoms with Crippen molar-refractivity contribution in [3.8, 4) is 0 Å². The highest BCUT2D eigenvalue weighted by atomic mass is 16.1. The fraction of sp³-hybridized carbons (Fsp3) is 0.364. The minimum atomic E-state index is -0.0689. The van der Waals surface area contributed by atoms with Crippen LogP contribution < -0.4 is 11.1 Å². The van der Waals surface area contributed by atoms with E-state index in [4.69, 9.17) is 5.73 Å². The Hall–Kier alpha value is -1.51. The summed E-state index contributed by atoms with van der Waals surface area (Å²) in [6, 6.07) is 7.44. The molecule has 3 heteroatoms. The Labute approximate surface area is 84.3 Å². The molecule has 0 aliphatic heterocycles. The summed E-state index contributed by atoms with van der Waals surface area (Å²) >= 11 is 0. The average Bonchev–Trinajstić information content (AvgIpc) is 2.21. The second-order valence-corrected chi connectivity index (χ2v) is 3.24. The summed E-state index contributed by atoms with van der Waals surface area (Å²) in [5.74, 6) is -0.0159. The SMILES string of the molecule is CCC(C(=O)NC)c1ccc(N)cc1. The van der Waals surface area contributed by atoms with Crippen molar-refractivity contribution >= 4 is 11.6 Å². The van der Waals surface area contributed by atoms with Gasteiger partial charge in [-0.25, -0.2) is 0 Å². The number of carbonyl (C=O) groups excluding carboxylic acids is 1. The Kier molecular flexibility index (Phi) is 3.51. The first-order valence-corrected chi connectivity index (χ1v) is 4.76. The maximum atomic E-state index is 11.5. The number of likely N-dealkylation sites (N-methyl/N-ethyl adjacent to an activating group) is 1. The predicted molar refractivity (Wildman–Crippen MR) is 58.0 cm³/mol. The van der Waals surface area contributed by atoms with E-state index >= 15 is 0 Å². The van der Waals surface area contributed by atoms with Gasteiger partial charge in [-0.05, 0) is 24.1 Å². The Morgan fingerprint density at radius 2 is 2.00 bits per heavy atom. The van der Waals surface area contributed by atoms with Crippen molar-refractivity contribution < 1.29 is 4.79 Å². The molecule has 1 aromatic carbocycles. The van der Waals surface area contributed by atoms with Gasteiger partial charge in [0.2, 0.25) is 5.91 Å². The molecule has 1 unspecified atom stereocenters. The van der Waals surface area contributed by atoms with E-state index in [1.807, 2.05) is 31.2 Å². The van der Waals surface area contributed by atoms with E-state index in [1.54, 1.807) is 7.05 Å². The van der Waals surface area contributed by atoms with Crippen molar-refractivity contribution in [1.29, 1.82) is 0 Å². The van der Waals surface area contributed by atoms with Crippen LogP contribution in [-0.2, 0) is 4.79 Å². The van der Waals surface area contributed by atoms with E-state index in [1.165, 1.54) is 0 Å². The smallest absolute Gasteiger partial charge is 0.227 e. The highest BCUT2D eigenvalue weighted by molar-refractivity contribution is 5.83. The van der Waals surface area contributed by atoms with Crippen LogP contribution in [-0.4, -0.2) is 13.0 Å². The topological polar surface area (TPSA) is 55.1 Å². The Balaban J connectivity index is 2.89. The third kappa shape index (κ3) is 2.25. The number of rotatable bonds is 3. The number of anilines is 1. The van der Waals surface area contributed by atoms with Gasteiger partial charge in [0.05, 0.1) is 5.92 Å². The van der Waals surface area contributed by atoms with E-state index in [0.717, 1.165) is 17.7 Å². The second kappa shape index (κ2) is 4.65. The van der Waals surface area contributed by atoms with Gasteiger partial charge >= 0.3 is 0 Å². The summed E-state index contributed by atoms with van der Waals surface area (Å²) in [7, 11) is 1.66. The van der Waals surface area contributed by atoms with Crippen LogP contribution in [0.4, 0.5) is 5.69 Å². The van der Waals surface area contributed by atoms with E-state index < -0.39 is 0 Å². The second-order valence-electron chi connectivity index (χ2n) is 3.24. The monoisotopic (exact) mass is 192 g/mol. The zero-order valence-electron chi connectivity index (χ0n) is 8.58. The molecular formula is C11H16N2O. The molecule has 0 saturated carbocycles. The van der Waals surface area contributed by atoms with Crippen molar-refractivity contribution in [3.63, 3.8) is 0 Å². The number of hydrogen-bond acceptors (Lipinski definition) is 2. The van der Waals surface area contributed by atoms with Gasteiger partial charge in [-0.2, -0.15) is 0 Å². The van der Waals surface area contributed by atoms with Gasteiger partial charge < -0.3 is 11.1 Å². The van der Waals surface area contributed by atoms with Gasteiger partial charge in [-0.1, -0.05) is 19.1 Å². The molecular weight excluding hydrogens is 176 g/mol. The molecule has 14 heavy (non-hydrogen) atoms. The van der Waals surface area contributed by atoms with E-state index in [0.29, 0.717) is 0 Å². The molecule has 0 heterocycles. The quantitative estimate of drug-likeness (QED) is 0.713. The minimum Gasteiger partial charge on any atom is -0.399 e. The number of nitrogens with two attached hydrogens (primary N) is 1. The predicted octanol–water partition coefficient (Wildman–Crippen LogP) is 1.51. The van der Waals surface area contributed by atoms with Crippen molar-refractivity contribution in [2.24, 2.45) is 0 Å². The first-order chi connectivity index (χ1) is 6.69. The lowest BCUT2D eigenvalue weighted by Crippen LogP contribution is -2.25. The zero-order valence-corrected chi connectivity index (χ0v) is 8.58. The maximum absolute atomic E-state index is 11.5. The van der Waals surface area contributed by atoms with Gasteiger partial charge in [0, 0.05) is 12.7 Å². The van der Waals surface area contributed by atoms with Crippen LogP contribution in [0.25, 0.3) is 0 Å². The number of carbonyl (C=O) groups is 1. The van der Waals surface area contributed by atoms with Crippen LogP contribution >= 0.6 is 0 Å². The van der Waals surface area contributed by atoms with Crippen LogP contribution in [0.5, 0.6) is 0 Å². The van der Waals surface area contributed by atoms with Gasteiger partial charge in [0.25, 0.3) is 0 Å². The molecule has 3 N–H and O–H groups in total. The van der Waals surface area contributed by atoms with Crippen molar-refractivity contribution in [2.45, 2.75) is 19.3 Å². The van der Waals surface area contributed by atoms with Crippen LogP contribution in [0.15, 0.2) is 24.3 Å². The first kappa shape index (κ1) is 10.6.